The molecule has 110 valence electrons. The van der Waals surface area contributed by atoms with Crippen molar-refractivity contribution in [3.8, 4) is 0 Å². The maximum absolute atomic E-state index is 11.2. The number of nitrogens with one attached hydrogen (secondary N) is 1. The molecule has 3 heteroatoms. The number of rotatable bonds is 5. The van der Waals surface area contributed by atoms with Crippen molar-refractivity contribution in [1.29, 1.82) is 0 Å². The Hall–Kier alpha value is -1.35. The molecule has 0 bridgehead atoms. The zero-order chi connectivity index (χ0) is 14.6. The van der Waals surface area contributed by atoms with Crippen molar-refractivity contribution >= 4 is 5.97 Å². The largest absolute Gasteiger partial charge is 0.481 e. The maximum Gasteiger partial charge on any atom is 0.313 e. The van der Waals surface area contributed by atoms with Gasteiger partial charge in [-0.25, -0.2) is 0 Å². The average molecular weight is 275 g/mol. The molecule has 1 fully saturated rings. The van der Waals surface area contributed by atoms with Crippen molar-refractivity contribution < 1.29 is 9.90 Å². The highest BCUT2D eigenvalue weighted by molar-refractivity contribution is 5.80. The van der Waals surface area contributed by atoms with Gasteiger partial charge in [0.15, 0.2) is 0 Å². The normalized spacial score (nSPS) is 17.1. The molecule has 0 atom stereocenters. The number of piperidine rings is 1. The molecule has 0 unspecified atom stereocenters. The molecule has 0 amide bonds. The summed E-state index contributed by atoms with van der Waals surface area (Å²) >= 11 is 0. The minimum absolute atomic E-state index is 0.778. The highest BCUT2D eigenvalue weighted by atomic mass is 16.4. The van der Waals surface area contributed by atoms with E-state index in [4.69, 9.17) is 0 Å². The van der Waals surface area contributed by atoms with Gasteiger partial charge in [0.05, 0.1) is 5.41 Å². The van der Waals surface area contributed by atoms with Crippen molar-refractivity contribution in [2.24, 2.45) is 5.92 Å². The van der Waals surface area contributed by atoms with Gasteiger partial charge in [-0.3, -0.25) is 4.79 Å². The van der Waals surface area contributed by atoms with Gasteiger partial charge in [-0.2, -0.15) is 0 Å². The molecule has 1 saturated heterocycles. The highest BCUT2D eigenvalue weighted by Gasteiger charge is 2.29. The van der Waals surface area contributed by atoms with Crippen molar-refractivity contribution in [3.63, 3.8) is 0 Å². The fourth-order valence-electron chi connectivity index (χ4n) is 2.75. The Morgan fingerprint density at radius 2 is 1.85 bits per heavy atom. The van der Waals surface area contributed by atoms with Crippen LogP contribution in [0.3, 0.4) is 0 Å². The van der Waals surface area contributed by atoms with Crippen LogP contribution in [0.2, 0.25) is 0 Å². The molecule has 0 aromatic heterocycles. The van der Waals surface area contributed by atoms with Crippen LogP contribution in [0.5, 0.6) is 0 Å². The minimum Gasteiger partial charge on any atom is -0.481 e. The lowest BCUT2D eigenvalue weighted by molar-refractivity contribution is -0.142. The lowest BCUT2D eigenvalue weighted by atomic mass is 9.84. The minimum atomic E-state index is -0.812. The first-order valence-electron chi connectivity index (χ1n) is 7.53. The zero-order valence-corrected chi connectivity index (χ0v) is 12.5. The van der Waals surface area contributed by atoms with Gasteiger partial charge >= 0.3 is 5.97 Å². The van der Waals surface area contributed by atoms with Crippen LogP contribution in [0.4, 0.5) is 0 Å². The molecule has 3 nitrogen and oxygen atoms in total. The maximum atomic E-state index is 11.2. The lowest BCUT2D eigenvalue weighted by Crippen LogP contribution is -2.28. The van der Waals surface area contributed by atoms with E-state index >= 15 is 0 Å². The summed E-state index contributed by atoms with van der Waals surface area (Å²) < 4.78 is 0. The number of carboxylic acid groups (broad SMARTS) is 1. The van der Waals surface area contributed by atoms with E-state index in [0.29, 0.717) is 0 Å². The highest BCUT2D eigenvalue weighted by Crippen LogP contribution is 2.25. The fourth-order valence-corrected chi connectivity index (χ4v) is 2.75. The standard InChI is InChI=1S/C17H25NO2/c1-17(2,16(19)20)15-7-5-13(6-8-15)3-4-14-9-11-18-12-10-14/h5-8,14,18H,3-4,9-12H2,1-2H3,(H,19,20). The third-order valence-corrected chi connectivity index (χ3v) is 4.51. The molecule has 1 heterocycles. The number of carbonyl (C=O) groups is 1. The van der Waals surface area contributed by atoms with Crippen LogP contribution in [0.1, 0.15) is 44.2 Å². The number of benzene rings is 1. The topological polar surface area (TPSA) is 49.3 Å². The van der Waals surface area contributed by atoms with Gasteiger partial charge in [0.2, 0.25) is 0 Å². The van der Waals surface area contributed by atoms with Gasteiger partial charge in [-0.1, -0.05) is 24.3 Å². The van der Waals surface area contributed by atoms with Crippen LogP contribution in [-0.4, -0.2) is 24.2 Å². The van der Waals surface area contributed by atoms with E-state index in [0.717, 1.165) is 31.0 Å². The molecule has 0 saturated carbocycles. The average Bonchev–Trinajstić information content (AvgIpc) is 2.46. The molecular weight excluding hydrogens is 250 g/mol. The monoisotopic (exact) mass is 275 g/mol. The van der Waals surface area contributed by atoms with Gasteiger partial charge in [0.25, 0.3) is 0 Å². The van der Waals surface area contributed by atoms with Crippen LogP contribution in [0.15, 0.2) is 24.3 Å². The Bertz CT molecular complexity index is 445. The Balaban J connectivity index is 1.93. The van der Waals surface area contributed by atoms with Gasteiger partial charge < -0.3 is 10.4 Å². The molecule has 0 spiro atoms. The number of hydrogen-bond acceptors (Lipinski definition) is 2. The molecule has 0 radical (unpaired) electrons. The Morgan fingerprint density at radius 3 is 2.40 bits per heavy atom. The first-order chi connectivity index (χ1) is 9.50. The van der Waals surface area contributed by atoms with Gasteiger partial charge in [-0.15, -0.1) is 0 Å². The Kier molecular flexibility index (Phi) is 4.81. The van der Waals surface area contributed by atoms with E-state index < -0.39 is 11.4 Å². The van der Waals surface area contributed by atoms with Gasteiger partial charge in [0.1, 0.15) is 0 Å². The number of aryl methyl sites for hydroxylation is 1. The van der Waals surface area contributed by atoms with E-state index in [-0.39, 0.29) is 0 Å². The number of aliphatic carboxylic acids is 1. The summed E-state index contributed by atoms with van der Waals surface area (Å²) in [5.41, 5.74) is 1.37. The molecule has 0 aliphatic carbocycles. The smallest absolute Gasteiger partial charge is 0.313 e. The second kappa shape index (κ2) is 6.40. The van der Waals surface area contributed by atoms with E-state index in [1.54, 1.807) is 13.8 Å². The van der Waals surface area contributed by atoms with Crippen LogP contribution >= 0.6 is 0 Å². The van der Waals surface area contributed by atoms with E-state index in [1.807, 2.05) is 12.1 Å². The number of hydrogen-bond donors (Lipinski definition) is 2. The van der Waals surface area contributed by atoms with Crippen LogP contribution in [0, 0.1) is 5.92 Å². The fraction of sp³-hybridized carbons (Fsp3) is 0.588. The summed E-state index contributed by atoms with van der Waals surface area (Å²) in [6.45, 7) is 5.80. The Morgan fingerprint density at radius 1 is 1.25 bits per heavy atom. The predicted molar refractivity (Wildman–Crippen MR) is 81.0 cm³/mol. The third kappa shape index (κ3) is 3.60. The summed E-state index contributed by atoms with van der Waals surface area (Å²) in [4.78, 5) is 11.2. The summed E-state index contributed by atoms with van der Waals surface area (Å²) in [5.74, 6) is 0.0614. The van der Waals surface area contributed by atoms with Gasteiger partial charge in [-0.05, 0) is 69.7 Å². The predicted octanol–water partition coefficient (Wildman–Crippen LogP) is 2.98. The van der Waals surface area contributed by atoms with Crippen molar-refractivity contribution in [2.45, 2.75) is 44.9 Å². The van der Waals surface area contributed by atoms with Gasteiger partial charge in [0, 0.05) is 0 Å². The van der Waals surface area contributed by atoms with E-state index in [9.17, 15) is 9.90 Å². The first kappa shape index (κ1) is 15.0. The molecular formula is C17H25NO2. The molecule has 20 heavy (non-hydrogen) atoms. The molecule has 2 rings (SSSR count). The van der Waals surface area contributed by atoms with Crippen LogP contribution < -0.4 is 5.32 Å². The first-order valence-corrected chi connectivity index (χ1v) is 7.53. The van der Waals surface area contributed by atoms with Crippen LogP contribution in [-0.2, 0) is 16.6 Å². The summed E-state index contributed by atoms with van der Waals surface area (Å²) in [5, 5.41) is 12.6. The molecule has 1 aliphatic heterocycles. The molecule has 2 N–H and O–H groups in total. The SMILES string of the molecule is CC(C)(C(=O)O)c1ccc(CCC2CCNCC2)cc1. The molecule has 1 aliphatic rings. The zero-order valence-electron chi connectivity index (χ0n) is 12.5. The van der Waals surface area contributed by atoms with Crippen molar-refractivity contribution in [2.75, 3.05) is 13.1 Å². The lowest BCUT2D eigenvalue weighted by Gasteiger charge is -2.23. The quantitative estimate of drug-likeness (QED) is 0.868. The summed E-state index contributed by atoms with van der Waals surface area (Å²) in [6, 6.07) is 8.10. The summed E-state index contributed by atoms with van der Waals surface area (Å²) in [7, 11) is 0. The van der Waals surface area contributed by atoms with E-state index in [2.05, 4.69) is 17.4 Å². The van der Waals surface area contributed by atoms with Crippen molar-refractivity contribution in [1.82, 2.24) is 5.32 Å². The second-order valence-corrected chi connectivity index (χ2v) is 6.36. The Labute approximate surface area is 121 Å². The summed E-state index contributed by atoms with van der Waals surface area (Å²) in [6.07, 6.45) is 4.90. The van der Waals surface area contributed by atoms with Crippen molar-refractivity contribution in [3.05, 3.63) is 35.4 Å². The molecule has 1 aromatic carbocycles. The number of carboxylic acids is 1. The third-order valence-electron chi connectivity index (χ3n) is 4.51. The second-order valence-electron chi connectivity index (χ2n) is 6.36. The van der Waals surface area contributed by atoms with E-state index in [1.165, 1.54) is 24.8 Å². The van der Waals surface area contributed by atoms with Crippen LogP contribution in [0.25, 0.3) is 0 Å². The molecule has 1 aromatic rings.